The fourth-order valence-electron chi connectivity index (χ4n) is 1.91. The van der Waals surface area contributed by atoms with Crippen molar-refractivity contribution in [3.63, 3.8) is 0 Å². The smallest absolute Gasteiger partial charge is 0.245 e. The summed E-state index contributed by atoms with van der Waals surface area (Å²) in [5, 5.41) is 2.78. The molecule has 0 aromatic rings. The molecule has 4 nitrogen and oxygen atoms in total. The van der Waals surface area contributed by atoms with E-state index in [2.05, 4.69) is 11.9 Å². The summed E-state index contributed by atoms with van der Waals surface area (Å²) < 4.78 is 0. The van der Waals surface area contributed by atoms with Crippen molar-refractivity contribution >= 4 is 11.8 Å². The molecular formula is C11H16N2O2. The Balaban J connectivity index is 2.00. The van der Waals surface area contributed by atoms with Gasteiger partial charge in [0.25, 0.3) is 0 Å². The van der Waals surface area contributed by atoms with Crippen LogP contribution in [0.1, 0.15) is 19.3 Å². The van der Waals surface area contributed by atoms with Crippen molar-refractivity contribution in [2.24, 2.45) is 5.92 Å². The lowest BCUT2D eigenvalue weighted by molar-refractivity contribution is -0.144. The number of hydrogen-bond donors (Lipinski definition) is 1. The first-order valence-electron chi connectivity index (χ1n) is 5.41. The predicted octanol–water partition coefficient (Wildman–Crippen LogP) is 0.299. The molecule has 2 rings (SSSR count). The number of nitrogens with zero attached hydrogens (tertiary/aromatic N) is 1. The van der Waals surface area contributed by atoms with Gasteiger partial charge in [0, 0.05) is 6.54 Å². The van der Waals surface area contributed by atoms with Crippen molar-refractivity contribution in [3.8, 4) is 0 Å². The second-order valence-corrected chi connectivity index (χ2v) is 4.22. The number of carbonyl (C=O) groups excluding carboxylic acids is 2. The molecule has 1 atom stereocenters. The Morgan fingerprint density at radius 3 is 2.80 bits per heavy atom. The molecular weight excluding hydrogens is 192 g/mol. The molecule has 2 aliphatic rings. The van der Waals surface area contributed by atoms with Crippen LogP contribution in [0.2, 0.25) is 0 Å². The van der Waals surface area contributed by atoms with Gasteiger partial charge in [-0.3, -0.25) is 9.59 Å². The van der Waals surface area contributed by atoms with E-state index in [0.29, 0.717) is 12.5 Å². The van der Waals surface area contributed by atoms with Crippen LogP contribution in [-0.4, -0.2) is 35.8 Å². The van der Waals surface area contributed by atoms with Gasteiger partial charge in [-0.15, -0.1) is 6.58 Å². The number of rotatable bonds is 4. The van der Waals surface area contributed by atoms with Crippen molar-refractivity contribution in [2.45, 2.75) is 25.3 Å². The van der Waals surface area contributed by atoms with E-state index in [0.717, 1.165) is 19.3 Å². The zero-order chi connectivity index (χ0) is 10.8. The molecule has 15 heavy (non-hydrogen) atoms. The van der Waals surface area contributed by atoms with Gasteiger partial charge in [0.1, 0.15) is 6.04 Å². The SMILES string of the molecule is C=CCCN1CC(=O)NC(C2CC2)C1=O. The first kappa shape index (κ1) is 10.2. The van der Waals surface area contributed by atoms with Crippen LogP contribution < -0.4 is 5.32 Å². The Morgan fingerprint density at radius 1 is 1.47 bits per heavy atom. The molecule has 1 aliphatic heterocycles. The summed E-state index contributed by atoms with van der Waals surface area (Å²) in [5.74, 6) is 0.433. The molecule has 4 heteroatoms. The number of nitrogens with one attached hydrogen (secondary N) is 1. The third kappa shape index (κ3) is 2.19. The zero-order valence-corrected chi connectivity index (χ0v) is 8.74. The number of hydrogen-bond acceptors (Lipinski definition) is 2. The largest absolute Gasteiger partial charge is 0.342 e. The van der Waals surface area contributed by atoms with Crippen LogP contribution in [0.15, 0.2) is 12.7 Å². The topological polar surface area (TPSA) is 49.4 Å². The molecule has 82 valence electrons. The fraction of sp³-hybridized carbons (Fsp3) is 0.636. The maximum Gasteiger partial charge on any atom is 0.245 e. The van der Waals surface area contributed by atoms with Gasteiger partial charge in [-0.05, 0) is 25.2 Å². The first-order valence-corrected chi connectivity index (χ1v) is 5.41. The molecule has 1 unspecified atom stereocenters. The van der Waals surface area contributed by atoms with E-state index in [-0.39, 0.29) is 24.4 Å². The van der Waals surface area contributed by atoms with Crippen LogP contribution in [0.3, 0.4) is 0 Å². The molecule has 2 fully saturated rings. The molecule has 2 amide bonds. The van der Waals surface area contributed by atoms with E-state index >= 15 is 0 Å². The molecule has 0 aromatic carbocycles. The van der Waals surface area contributed by atoms with E-state index < -0.39 is 0 Å². The summed E-state index contributed by atoms with van der Waals surface area (Å²) >= 11 is 0. The Morgan fingerprint density at radius 2 is 2.20 bits per heavy atom. The van der Waals surface area contributed by atoms with Crippen molar-refractivity contribution in [1.29, 1.82) is 0 Å². The Hall–Kier alpha value is -1.32. The van der Waals surface area contributed by atoms with Crippen molar-refractivity contribution in [1.82, 2.24) is 10.2 Å². The summed E-state index contributed by atoms with van der Waals surface area (Å²) in [7, 11) is 0. The standard InChI is InChI=1S/C11H16N2O2/c1-2-3-6-13-7-9(14)12-10(11(13)15)8-4-5-8/h2,8,10H,1,3-7H2,(H,12,14). The van der Waals surface area contributed by atoms with Crippen molar-refractivity contribution in [2.75, 3.05) is 13.1 Å². The Bertz CT molecular complexity index is 297. The van der Waals surface area contributed by atoms with Gasteiger partial charge in [-0.25, -0.2) is 0 Å². The minimum Gasteiger partial charge on any atom is -0.342 e. The van der Waals surface area contributed by atoms with Crippen LogP contribution in [0, 0.1) is 5.92 Å². The van der Waals surface area contributed by atoms with E-state index in [1.165, 1.54) is 0 Å². The average Bonchev–Trinajstić information content (AvgIpc) is 3.02. The van der Waals surface area contributed by atoms with Gasteiger partial charge in [0.05, 0.1) is 6.54 Å². The summed E-state index contributed by atoms with van der Waals surface area (Å²) in [4.78, 5) is 25.0. The molecule has 1 aliphatic carbocycles. The second kappa shape index (κ2) is 4.04. The highest BCUT2D eigenvalue weighted by molar-refractivity contribution is 5.95. The minimum atomic E-state index is -0.254. The Labute approximate surface area is 89.3 Å². The number of piperazine rings is 1. The van der Waals surface area contributed by atoms with Gasteiger partial charge in [0.15, 0.2) is 0 Å². The van der Waals surface area contributed by atoms with Crippen LogP contribution in [-0.2, 0) is 9.59 Å². The third-order valence-corrected chi connectivity index (χ3v) is 2.93. The van der Waals surface area contributed by atoms with E-state index in [4.69, 9.17) is 0 Å². The van der Waals surface area contributed by atoms with Crippen molar-refractivity contribution in [3.05, 3.63) is 12.7 Å². The van der Waals surface area contributed by atoms with E-state index in [9.17, 15) is 9.59 Å². The lowest BCUT2D eigenvalue weighted by Crippen LogP contribution is -2.58. The van der Waals surface area contributed by atoms with E-state index in [1.54, 1.807) is 11.0 Å². The highest BCUT2D eigenvalue weighted by Crippen LogP contribution is 2.34. The normalized spacial score (nSPS) is 26.4. The number of amides is 2. The fourth-order valence-corrected chi connectivity index (χ4v) is 1.91. The predicted molar refractivity (Wildman–Crippen MR) is 56.0 cm³/mol. The quantitative estimate of drug-likeness (QED) is 0.675. The highest BCUT2D eigenvalue weighted by Gasteiger charge is 2.42. The molecule has 0 spiro atoms. The first-order chi connectivity index (χ1) is 7.22. The van der Waals surface area contributed by atoms with Gasteiger partial charge in [-0.2, -0.15) is 0 Å². The molecule has 1 heterocycles. The van der Waals surface area contributed by atoms with Crippen LogP contribution in [0.4, 0.5) is 0 Å². The van der Waals surface area contributed by atoms with Gasteiger partial charge < -0.3 is 10.2 Å². The van der Waals surface area contributed by atoms with Crippen LogP contribution in [0.5, 0.6) is 0 Å². The lowest BCUT2D eigenvalue weighted by atomic mass is 10.1. The molecule has 1 saturated heterocycles. The molecule has 0 aromatic heterocycles. The van der Waals surface area contributed by atoms with Gasteiger partial charge in [0.2, 0.25) is 11.8 Å². The molecule has 0 bridgehead atoms. The van der Waals surface area contributed by atoms with Crippen molar-refractivity contribution < 1.29 is 9.59 Å². The van der Waals surface area contributed by atoms with Crippen LogP contribution >= 0.6 is 0 Å². The zero-order valence-electron chi connectivity index (χ0n) is 8.74. The molecule has 1 N–H and O–H groups in total. The monoisotopic (exact) mass is 208 g/mol. The van der Waals surface area contributed by atoms with Crippen LogP contribution in [0.25, 0.3) is 0 Å². The minimum absolute atomic E-state index is 0.0319. The molecule has 1 saturated carbocycles. The maximum atomic E-state index is 11.9. The second-order valence-electron chi connectivity index (χ2n) is 4.22. The lowest BCUT2D eigenvalue weighted by Gasteiger charge is -2.32. The average molecular weight is 208 g/mol. The highest BCUT2D eigenvalue weighted by atomic mass is 16.2. The third-order valence-electron chi connectivity index (χ3n) is 2.93. The van der Waals surface area contributed by atoms with Gasteiger partial charge in [-0.1, -0.05) is 6.08 Å². The summed E-state index contributed by atoms with van der Waals surface area (Å²) in [6, 6.07) is -0.254. The summed E-state index contributed by atoms with van der Waals surface area (Å²) in [6.07, 6.45) is 4.64. The summed E-state index contributed by atoms with van der Waals surface area (Å²) in [5.41, 5.74) is 0. The molecule has 0 radical (unpaired) electrons. The van der Waals surface area contributed by atoms with Gasteiger partial charge >= 0.3 is 0 Å². The Kier molecular flexibility index (Phi) is 2.75. The van der Waals surface area contributed by atoms with E-state index in [1.807, 2.05) is 0 Å². The maximum absolute atomic E-state index is 11.9. The number of carbonyl (C=O) groups is 2. The summed E-state index contributed by atoms with van der Waals surface area (Å²) in [6.45, 7) is 4.43.